The number of aromatic nitrogens is 2. The van der Waals surface area contributed by atoms with E-state index in [2.05, 4.69) is 15.5 Å². The Morgan fingerprint density at radius 2 is 2.30 bits per heavy atom. The van der Waals surface area contributed by atoms with Crippen LogP contribution in [0.2, 0.25) is 0 Å². The highest BCUT2D eigenvalue weighted by molar-refractivity contribution is 7.08. The zero-order chi connectivity index (χ0) is 14.6. The first-order valence-electron chi connectivity index (χ1n) is 6.66. The van der Waals surface area contributed by atoms with E-state index in [1.165, 1.54) is 0 Å². The summed E-state index contributed by atoms with van der Waals surface area (Å²) in [5.41, 5.74) is 0.773. The molecule has 2 heterocycles. The quantitative estimate of drug-likeness (QED) is 0.889. The maximum Gasteiger partial charge on any atom is 0.227 e. The van der Waals surface area contributed by atoms with Crippen LogP contribution in [0.4, 0.5) is 0 Å². The van der Waals surface area contributed by atoms with Gasteiger partial charge >= 0.3 is 0 Å². The van der Waals surface area contributed by atoms with Crippen molar-refractivity contribution in [2.75, 3.05) is 0 Å². The minimum Gasteiger partial charge on any atom is -0.351 e. The lowest BCUT2D eigenvalue weighted by atomic mass is 10.0. The molecular formula is C14H19N3O2S. The molecule has 5 nitrogen and oxygen atoms in total. The van der Waals surface area contributed by atoms with Crippen LogP contribution in [0.25, 0.3) is 11.4 Å². The maximum atomic E-state index is 11.8. The molecule has 108 valence electrons. The summed E-state index contributed by atoms with van der Waals surface area (Å²) in [7, 11) is 0. The highest BCUT2D eigenvalue weighted by atomic mass is 32.1. The molecule has 0 radical (unpaired) electrons. The van der Waals surface area contributed by atoms with Gasteiger partial charge in [0.1, 0.15) is 0 Å². The molecule has 1 N–H and O–H groups in total. The largest absolute Gasteiger partial charge is 0.351 e. The standard InChI is InChI=1S/C14H19N3O2S/c1-4-14(2,3)16-11(18)5-6-12-15-13(17-19-12)10-7-8-20-9-10/h7-9H,4-6H2,1-3H3,(H,16,18). The summed E-state index contributed by atoms with van der Waals surface area (Å²) in [4.78, 5) is 16.1. The predicted octanol–water partition coefficient (Wildman–Crippen LogP) is 3.04. The summed E-state index contributed by atoms with van der Waals surface area (Å²) in [6.45, 7) is 6.06. The van der Waals surface area contributed by atoms with Gasteiger partial charge in [-0.1, -0.05) is 12.1 Å². The molecule has 0 bridgehead atoms. The van der Waals surface area contributed by atoms with E-state index >= 15 is 0 Å². The van der Waals surface area contributed by atoms with Crippen molar-refractivity contribution in [3.63, 3.8) is 0 Å². The second-order valence-corrected chi connectivity index (χ2v) is 6.09. The zero-order valence-electron chi connectivity index (χ0n) is 12.0. The van der Waals surface area contributed by atoms with Crippen molar-refractivity contribution in [3.05, 3.63) is 22.7 Å². The molecule has 6 heteroatoms. The average Bonchev–Trinajstić information content (AvgIpc) is 3.06. The highest BCUT2D eigenvalue weighted by Gasteiger charge is 2.18. The highest BCUT2D eigenvalue weighted by Crippen LogP contribution is 2.19. The summed E-state index contributed by atoms with van der Waals surface area (Å²) in [5, 5.41) is 10.8. The fourth-order valence-corrected chi connectivity index (χ4v) is 2.25. The molecule has 0 aliphatic carbocycles. The van der Waals surface area contributed by atoms with Crippen LogP contribution in [0, 0.1) is 0 Å². The summed E-state index contributed by atoms with van der Waals surface area (Å²) >= 11 is 1.58. The van der Waals surface area contributed by atoms with Gasteiger partial charge in [-0.3, -0.25) is 4.79 Å². The molecule has 2 aromatic rings. The van der Waals surface area contributed by atoms with Crippen molar-refractivity contribution in [2.45, 2.75) is 45.6 Å². The van der Waals surface area contributed by atoms with Crippen molar-refractivity contribution in [1.82, 2.24) is 15.5 Å². The van der Waals surface area contributed by atoms with E-state index in [4.69, 9.17) is 4.52 Å². The van der Waals surface area contributed by atoms with Crippen molar-refractivity contribution < 1.29 is 9.32 Å². The molecule has 0 aliphatic rings. The maximum absolute atomic E-state index is 11.8. The number of amides is 1. The van der Waals surface area contributed by atoms with Gasteiger partial charge in [0.2, 0.25) is 17.6 Å². The average molecular weight is 293 g/mol. The Hall–Kier alpha value is -1.69. The number of nitrogens with one attached hydrogen (secondary N) is 1. The molecule has 0 saturated carbocycles. The molecule has 0 aromatic carbocycles. The number of carbonyl (C=O) groups is 1. The summed E-state index contributed by atoms with van der Waals surface area (Å²) < 4.78 is 5.16. The molecule has 2 rings (SSSR count). The topological polar surface area (TPSA) is 68.0 Å². The van der Waals surface area contributed by atoms with Gasteiger partial charge in [0.15, 0.2) is 0 Å². The Morgan fingerprint density at radius 3 is 2.95 bits per heavy atom. The smallest absolute Gasteiger partial charge is 0.227 e. The van der Waals surface area contributed by atoms with Gasteiger partial charge in [0.05, 0.1) is 0 Å². The predicted molar refractivity (Wildman–Crippen MR) is 78.4 cm³/mol. The fourth-order valence-electron chi connectivity index (χ4n) is 1.61. The lowest BCUT2D eigenvalue weighted by Gasteiger charge is -2.24. The zero-order valence-corrected chi connectivity index (χ0v) is 12.8. The minimum absolute atomic E-state index is 0.00660. The van der Waals surface area contributed by atoms with E-state index < -0.39 is 0 Å². The monoisotopic (exact) mass is 293 g/mol. The van der Waals surface area contributed by atoms with E-state index in [0.717, 1.165) is 12.0 Å². The van der Waals surface area contributed by atoms with Crippen molar-refractivity contribution in [3.8, 4) is 11.4 Å². The Kier molecular flexibility index (Phi) is 4.54. The molecular weight excluding hydrogens is 274 g/mol. The van der Waals surface area contributed by atoms with Gasteiger partial charge in [0, 0.05) is 29.3 Å². The van der Waals surface area contributed by atoms with Crippen LogP contribution in [0.3, 0.4) is 0 Å². The third kappa shape index (κ3) is 3.90. The van der Waals surface area contributed by atoms with Crippen LogP contribution in [0.1, 0.15) is 39.5 Å². The third-order valence-corrected chi connectivity index (χ3v) is 3.86. The molecule has 0 fully saturated rings. The van der Waals surface area contributed by atoms with Gasteiger partial charge in [-0.2, -0.15) is 16.3 Å². The van der Waals surface area contributed by atoms with E-state index in [-0.39, 0.29) is 11.4 Å². The Balaban J connectivity index is 1.87. The van der Waals surface area contributed by atoms with E-state index in [0.29, 0.717) is 24.6 Å². The molecule has 0 spiro atoms. The minimum atomic E-state index is -0.173. The van der Waals surface area contributed by atoms with Crippen LogP contribution in [0.15, 0.2) is 21.3 Å². The Morgan fingerprint density at radius 1 is 1.50 bits per heavy atom. The lowest BCUT2D eigenvalue weighted by molar-refractivity contribution is -0.122. The first-order chi connectivity index (χ1) is 9.50. The summed E-state index contributed by atoms with van der Waals surface area (Å²) in [5.74, 6) is 1.08. The lowest BCUT2D eigenvalue weighted by Crippen LogP contribution is -2.42. The van der Waals surface area contributed by atoms with Gasteiger partial charge in [-0.25, -0.2) is 0 Å². The molecule has 1 amide bonds. The van der Waals surface area contributed by atoms with Crippen molar-refractivity contribution >= 4 is 17.2 Å². The number of aryl methyl sites for hydroxylation is 1. The number of hydrogen-bond donors (Lipinski definition) is 1. The third-order valence-electron chi connectivity index (χ3n) is 3.18. The van der Waals surface area contributed by atoms with E-state index in [1.54, 1.807) is 11.3 Å². The van der Waals surface area contributed by atoms with E-state index in [1.807, 2.05) is 37.6 Å². The Bertz CT molecular complexity index is 561. The Labute approximate surface area is 122 Å². The van der Waals surface area contributed by atoms with Crippen molar-refractivity contribution in [1.29, 1.82) is 0 Å². The molecule has 20 heavy (non-hydrogen) atoms. The normalized spacial score (nSPS) is 11.6. The van der Waals surface area contributed by atoms with Crippen LogP contribution >= 0.6 is 11.3 Å². The van der Waals surface area contributed by atoms with E-state index in [9.17, 15) is 4.79 Å². The molecule has 0 aliphatic heterocycles. The van der Waals surface area contributed by atoms with Crippen LogP contribution in [-0.4, -0.2) is 21.6 Å². The number of hydrogen-bond acceptors (Lipinski definition) is 5. The second-order valence-electron chi connectivity index (χ2n) is 5.31. The molecule has 0 unspecified atom stereocenters. The summed E-state index contributed by atoms with van der Waals surface area (Å²) in [6.07, 6.45) is 1.71. The number of carbonyl (C=O) groups excluding carboxylic acids is 1. The first-order valence-corrected chi connectivity index (χ1v) is 7.60. The molecule has 0 atom stereocenters. The number of rotatable bonds is 6. The first kappa shape index (κ1) is 14.7. The van der Waals surface area contributed by atoms with Crippen molar-refractivity contribution in [2.24, 2.45) is 0 Å². The fraction of sp³-hybridized carbons (Fsp3) is 0.500. The van der Waals surface area contributed by atoms with Gasteiger partial charge in [0.25, 0.3) is 0 Å². The summed E-state index contributed by atoms with van der Waals surface area (Å²) in [6, 6.07) is 1.94. The number of nitrogens with zero attached hydrogens (tertiary/aromatic N) is 2. The van der Waals surface area contributed by atoms with Crippen LogP contribution in [0.5, 0.6) is 0 Å². The van der Waals surface area contributed by atoms with Crippen LogP contribution < -0.4 is 5.32 Å². The number of thiophene rings is 1. The van der Waals surface area contributed by atoms with Gasteiger partial charge in [-0.05, 0) is 31.7 Å². The second kappa shape index (κ2) is 6.17. The SMILES string of the molecule is CCC(C)(C)NC(=O)CCc1nc(-c2ccsc2)no1. The van der Waals surface area contributed by atoms with Crippen LogP contribution in [-0.2, 0) is 11.2 Å². The molecule has 0 saturated heterocycles. The molecule has 2 aromatic heterocycles. The van der Waals surface area contributed by atoms with Gasteiger partial charge in [-0.15, -0.1) is 0 Å². The van der Waals surface area contributed by atoms with Gasteiger partial charge < -0.3 is 9.84 Å².